The lowest BCUT2D eigenvalue weighted by molar-refractivity contribution is -0.147. The molecule has 7 heteroatoms. The molecule has 26 heavy (non-hydrogen) atoms. The fourth-order valence-corrected chi connectivity index (χ4v) is 4.96. The maximum absolute atomic E-state index is 13.1. The highest BCUT2D eigenvalue weighted by atomic mass is 28.4. The summed E-state index contributed by atoms with van der Waals surface area (Å²) in [7, 11) is -2.16. The number of ether oxygens (including phenoxy) is 2. The second-order valence-corrected chi connectivity index (χ2v) is 14.1. The molecule has 4 atom stereocenters. The number of cyclic esters (lactones) is 1. The van der Waals surface area contributed by atoms with Crippen LogP contribution in [0.3, 0.4) is 0 Å². The molecule has 1 aliphatic carbocycles. The number of Topliss-reactive ketones (excluding diaryl/α,β-unsaturated/α-hetero) is 1. The lowest BCUT2D eigenvalue weighted by atomic mass is 9.68. The summed E-state index contributed by atoms with van der Waals surface area (Å²) in [6.07, 6.45) is -1.38. The number of aliphatic hydroxyl groups excluding tert-OH is 1. The molecular weight excluding hydrogens is 352 g/mol. The largest absolute Gasteiger partial charge is 0.483 e. The molecule has 2 aliphatic heterocycles. The summed E-state index contributed by atoms with van der Waals surface area (Å²) in [5.74, 6) is -0.932. The maximum atomic E-state index is 13.1. The van der Waals surface area contributed by atoms with E-state index in [0.717, 1.165) is 0 Å². The van der Waals surface area contributed by atoms with Gasteiger partial charge in [-0.25, -0.2) is 4.79 Å². The van der Waals surface area contributed by atoms with E-state index in [9.17, 15) is 14.7 Å². The van der Waals surface area contributed by atoms with Crippen LogP contribution in [0.1, 0.15) is 40.5 Å². The van der Waals surface area contributed by atoms with Gasteiger partial charge in [0.05, 0.1) is 6.10 Å². The molecule has 2 bridgehead atoms. The molecule has 0 saturated heterocycles. The van der Waals surface area contributed by atoms with Crippen molar-refractivity contribution in [3.8, 4) is 0 Å². The molecule has 1 N–H and O–H groups in total. The highest BCUT2D eigenvalue weighted by molar-refractivity contribution is 6.74. The zero-order valence-electron chi connectivity index (χ0n) is 16.3. The van der Waals surface area contributed by atoms with E-state index in [1.165, 1.54) is 0 Å². The van der Waals surface area contributed by atoms with Crippen molar-refractivity contribution in [2.24, 2.45) is 5.41 Å². The Morgan fingerprint density at radius 3 is 2.46 bits per heavy atom. The molecule has 0 unspecified atom stereocenters. The summed E-state index contributed by atoms with van der Waals surface area (Å²) in [5, 5.41) is 10.9. The molecule has 0 aromatic carbocycles. The standard InChI is InChI=1S/C19H28O6Si/c1-10-15-13(17(22)23-10)16(21)19(5)8-11(24-15)14(20)12(9-19)25-26(6,7)18(2,3)4/h11-12,14,20H,1,8-9H2,2-7H3/t11-,12-,14+,19+/m0/s1. The average Bonchev–Trinajstić information content (AvgIpc) is 2.69. The minimum Gasteiger partial charge on any atom is -0.483 e. The van der Waals surface area contributed by atoms with Gasteiger partial charge >= 0.3 is 5.97 Å². The third-order valence-electron chi connectivity index (χ3n) is 6.26. The monoisotopic (exact) mass is 380 g/mol. The van der Waals surface area contributed by atoms with Crippen molar-refractivity contribution in [2.45, 2.75) is 77.0 Å². The van der Waals surface area contributed by atoms with Crippen molar-refractivity contribution in [3.63, 3.8) is 0 Å². The van der Waals surface area contributed by atoms with Crippen LogP contribution >= 0.6 is 0 Å². The van der Waals surface area contributed by atoms with Gasteiger partial charge in [-0.1, -0.05) is 34.3 Å². The first-order valence-corrected chi connectivity index (χ1v) is 11.9. The van der Waals surface area contributed by atoms with E-state index in [4.69, 9.17) is 13.9 Å². The number of aliphatic hydroxyl groups is 1. The van der Waals surface area contributed by atoms with Gasteiger partial charge in [-0.15, -0.1) is 0 Å². The number of fused-ring (bicyclic) bond motifs is 2. The number of hydrogen-bond acceptors (Lipinski definition) is 6. The smallest absolute Gasteiger partial charge is 0.351 e. The van der Waals surface area contributed by atoms with Crippen molar-refractivity contribution in [3.05, 3.63) is 23.7 Å². The first-order chi connectivity index (χ1) is 11.8. The summed E-state index contributed by atoms with van der Waals surface area (Å²) in [4.78, 5) is 25.2. The average molecular weight is 381 g/mol. The normalized spacial score (nSPS) is 35.0. The fourth-order valence-electron chi connectivity index (χ4n) is 3.63. The van der Waals surface area contributed by atoms with Crippen LogP contribution in [0.25, 0.3) is 0 Å². The van der Waals surface area contributed by atoms with Crippen LogP contribution in [0.15, 0.2) is 23.7 Å². The van der Waals surface area contributed by atoms with Crippen LogP contribution in [0.4, 0.5) is 0 Å². The molecular formula is C19H28O6Si. The van der Waals surface area contributed by atoms with Crippen LogP contribution in [0.2, 0.25) is 18.1 Å². The SMILES string of the molecule is C=C1OC(=O)C2=C1O[C@H]1C[C@](C)(C[C@H](O[Si](C)(C)C(C)(C)C)[C@@H]1O)C2=O. The van der Waals surface area contributed by atoms with E-state index < -0.39 is 38.0 Å². The van der Waals surface area contributed by atoms with Gasteiger partial charge in [0, 0.05) is 5.41 Å². The molecule has 2 heterocycles. The molecule has 1 fully saturated rings. The van der Waals surface area contributed by atoms with Gasteiger partial charge in [0.1, 0.15) is 17.8 Å². The van der Waals surface area contributed by atoms with E-state index in [1.807, 2.05) is 6.92 Å². The number of ketones is 1. The molecule has 0 radical (unpaired) electrons. The van der Waals surface area contributed by atoms with Gasteiger partial charge in [0.25, 0.3) is 0 Å². The van der Waals surface area contributed by atoms with E-state index in [2.05, 4.69) is 40.4 Å². The maximum Gasteiger partial charge on any atom is 0.351 e. The Balaban J connectivity index is 1.96. The molecule has 3 aliphatic rings. The fraction of sp³-hybridized carbons (Fsp3) is 0.684. The Hall–Kier alpha value is -1.44. The zero-order chi connectivity index (χ0) is 19.7. The Kier molecular flexibility index (Phi) is 4.29. The summed E-state index contributed by atoms with van der Waals surface area (Å²) in [5.41, 5.74) is -0.933. The summed E-state index contributed by atoms with van der Waals surface area (Å²) in [6, 6.07) is 0. The molecule has 144 valence electrons. The van der Waals surface area contributed by atoms with E-state index in [-0.39, 0.29) is 27.9 Å². The minimum atomic E-state index is -2.16. The highest BCUT2D eigenvalue weighted by Crippen LogP contribution is 2.49. The number of carbonyl (C=O) groups is 2. The summed E-state index contributed by atoms with van der Waals surface area (Å²) in [6.45, 7) is 16.1. The second-order valence-electron chi connectivity index (χ2n) is 9.38. The molecule has 0 spiro atoms. The van der Waals surface area contributed by atoms with Crippen LogP contribution in [-0.2, 0) is 23.5 Å². The quantitative estimate of drug-likeness (QED) is 0.451. The molecule has 1 saturated carbocycles. The van der Waals surface area contributed by atoms with E-state index >= 15 is 0 Å². The van der Waals surface area contributed by atoms with Crippen molar-refractivity contribution in [1.82, 2.24) is 0 Å². The molecule has 3 rings (SSSR count). The number of hydrogen-bond donors (Lipinski definition) is 1. The van der Waals surface area contributed by atoms with Crippen LogP contribution in [0, 0.1) is 5.41 Å². The van der Waals surface area contributed by atoms with Gasteiger partial charge in [0.15, 0.2) is 25.6 Å². The summed E-state index contributed by atoms with van der Waals surface area (Å²) < 4.78 is 17.3. The Morgan fingerprint density at radius 2 is 1.88 bits per heavy atom. The third-order valence-corrected chi connectivity index (χ3v) is 10.8. The predicted molar refractivity (Wildman–Crippen MR) is 97.6 cm³/mol. The number of rotatable bonds is 2. The Labute approximate surface area is 155 Å². The van der Waals surface area contributed by atoms with Crippen LogP contribution in [-0.4, -0.2) is 43.5 Å². The molecule has 0 aromatic heterocycles. The van der Waals surface area contributed by atoms with Crippen LogP contribution < -0.4 is 0 Å². The molecule has 0 amide bonds. The molecule has 0 aromatic rings. The van der Waals surface area contributed by atoms with Gasteiger partial charge in [0.2, 0.25) is 0 Å². The first-order valence-electron chi connectivity index (χ1n) is 9.00. The first kappa shape index (κ1) is 19.3. The Bertz CT molecular complexity index is 716. The van der Waals surface area contributed by atoms with Crippen molar-refractivity contribution < 1.29 is 28.6 Å². The van der Waals surface area contributed by atoms with E-state index in [0.29, 0.717) is 12.8 Å². The number of esters is 1. The minimum absolute atomic E-state index is 0.0286. The summed E-state index contributed by atoms with van der Waals surface area (Å²) >= 11 is 0. The second kappa shape index (κ2) is 5.78. The van der Waals surface area contributed by atoms with Gasteiger partial charge < -0.3 is 19.0 Å². The van der Waals surface area contributed by atoms with Crippen molar-refractivity contribution in [2.75, 3.05) is 0 Å². The number of carbonyl (C=O) groups excluding carboxylic acids is 2. The lowest BCUT2D eigenvalue weighted by Crippen LogP contribution is -2.56. The predicted octanol–water partition coefficient (Wildman–Crippen LogP) is 2.83. The highest BCUT2D eigenvalue weighted by Gasteiger charge is 2.56. The topological polar surface area (TPSA) is 82.1 Å². The van der Waals surface area contributed by atoms with Gasteiger partial charge in [-0.2, -0.15) is 0 Å². The van der Waals surface area contributed by atoms with Gasteiger partial charge in [-0.3, -0.25) is 4.79 Å². The molecule has 6 nitrogen and oxygen atoms in total. The van der Waals surface area contributed by atoms with Crippen molar-refractivity contribution >= 4 is 20.1 Å². The van der Waals surface area contributed by atoms with Crippen molar-refractivity contribution in [1.29, 1.82) is 0 Å². The zero-order valence-corrected chi connectivity index (χ0v) is 17.3. The Morgan fingerprint density at radius 1 is 1.27 bits per heavy atom. The lowest BCUT2D eigenvalue weighted by Gasteiger charge is -2.47. The van der Waals surface area contributed by atoms with Gasteiger partial charge in [-0.05, 0) is 31.0 Å². The third kappa shape index (κ3) is 2.86. The van der Waals surface area contributed by atoms with E-state index in [1.54, 1.807) is 0 Å². The van der Waals surface area contributed by atoms with Crippen LogP contribution in [0.5, 0.6) is 0 Å².